The van der Waals surface area contributed by atoms with Crippen molar-refractivity contribution in [1.82, 2.24) is 0 Å². The second kappa shape index (κ2) is 2.44. The van der Waals surface area contributed by atoms with Crippen LogP contribution in [0.1, 0.15) is 0 Å². The Morgan fingerprint density at radius 1 is 1.89 bits per heavy atom. The largest absolute Gasteiger partial charge is 0.473 e. The van der Waals surface area contributed by atoms with Gasteiger partial charge < -0.3 is 4.74 Å². The summed E-state index contributed by atoms with van der Waals surface area (Å²) in [6.45, 7) is 4.41. The normalized spacial score (nSPS) is 16.2. The Morgan fingerprint density at radius 2 is 2.67 bits per heavy atom. The van der Waals surface area contributed by atoms with E-state index < -0.39 is 0 Å². The third-order valence-electron chi connectivity index (χ3n) is 0.982. The first kappa shape index (κ1) is 6.01. The molecule has 0 saturated heterocycles. The molecule has 0 aromatic carbocycles. The fraction of sp³-hybridized carbons (Fsp3) is 0.333. The van der Waals surface area contributed by atoms with E-state index in [1.54, 1.807) is 0 Å². The van der Waals surface area contributed by atoms with Crippen molar-refractivity contribution < 1.29 is 9.53 Å². The molecule has 0 aromatic rings. The lowest BCUT2D eigenvalue weighted by Crippen LogP contribution is -2.10. The molecule has 0 radical (unpaired) electrons. The van der Waals surface area contributed by atoms with E-state index in [4.69, 9.17) is 4.74 Å². The Hall–Kier alpha value is -1.12. The molecule has 0 saturated carbocycles. The number of carbonyl (C=O) groups excluding carboxylic acids is 1. The van der Waals surface area contributed by atoms with Crippen molar-refractivity contribution in [2.75, 3.05) is 13.2 Å². The number of carbonyl (C=O) groups is 1. The second-order valence-electron chi connectivity index (χ2n) is 1.60. The van der Waals surface area contributed by atoms with E-state index in [0.29, 0.717) is 13.2 Å². The van der Waals surface area contributed by atoms with Crippen LogP contribution in [-0.4, -0.2) is 24.8 Å². The number of rotatable bonds is 2. The monoisotopic (exact) mass is 125 g/mol. The smallest absolute Gasteiger partial charge is 0.258 e. The number of nitrogens with zero attached hydrogens (tertiary/aromatic N) is 1. The van der Waals surface area contributed by atoms with Gasteiger partial charge >= 0.3 is 0 Å². The summed E-state index contributed by atoms with van der Waals surface area (Å²) in [4.78, 5) is 14.4. The lowest BCUT2D eigenvalue weighted by molar-refractivity contribution is -0.110. The van der Waals surface area contributed by atoms with Gasteiger partial charge in [-0.05, 0) is 6.08 Å². The molecule has 0 spiro atoms. The lowest BCUT2D eigenvalue weighted by atomic mass is 10.4. The highest BCUT2D eigenvalue weighted by Crippen LogP contribution is 1.94. The average molecular weight is 125 g/mol. The summed E-state index contributed by atoms with van der Waals surface area (Å²) in [5.41, 5.74) is 0. The van der Waals surface area contributed by atoms with Crippen molar-refractivity contribution in [3.63, 3.8) is 0 Å². The van der Waals surface area contributed by atoms with Gasteiger partial charge in [0.2, 0.25) is 5.78 Å². The summed E-state index contributed by atoms with van der Waals surface area (Å²) in [6, 6.07) is 0. The van der Waals surface area contributed by atoms with Crippen molar-refractivity contribution in [3.05, 3.63) is 12.7 Å². The number of ketones is 1. The molecule has 0 bridgehead atoms. The van der Waals surface area contributed by atoms with E-state index in [1.807, 2.05) is 0 Å². The lowest BCUT2D eigenvalue weighted by Gasteiger charge is -1.92. The van der Waals surface area contributed by atoms with Gasteiger partial charge in [0.15, 0.2) is 0 Å². The van der Waals surface area contributed by atoms with Crippen LogP contribution in [0.4, 0.5) is 0 Å². The van der Waals surface area contributed by atoms with E-state index in [1.165, 1.54) is 6.08 Å². The van der Waals surface area contributed by atoms with Crippen LogP contribution >= 0.6 is 0 Å². The van der Waals surface area contributed by atoms with Crippen LogP contribution in [-0.2, 0) is 9.53 Å². The molecular formula is C6H7NO2. The van der Waals surface area contributed by atoms with E-state index in [-0.39, 0.29) is 11.7 Å². The fourth-order valence-corrected chi connectivity index (χ4v) is 0.572. The molecule has 1 aliphatic heterocycles. The van der Waals surface area contributed by atoms with E-state index in [2.05, 4.69) is 11.6 Å². The van der Waals surface area contributed by atoms with Crippen molar-refractivity contribution in [2.45, 2.75) is 0 Å². The molecule has 0 atom stereocenters. The minimum atomic E-state index is -0.229. The molecule has 0 amide bonds. The molecule has 0 aromatic heterocycles. The highest BCUT2D eigenvalue weighted by Gasteiger charge is 2.12. The minimum absolute atomic E-state index is 0.199. The molecule has 3 nitrogen and oxygen atoms in total. The molecule has 1 aliphatic rings. The van der Waals surface area contributed by atoms with Crippen LogP contribution < -0.4 is 0 Å². The van der Waals surface area contributed by atoms with Gasteiger partial charge in [-0.1, -0.05) is 6.58 Å². The van der Waals surface area contributed by atoms with Crippen molar-refractivity contribution in [3.8, 4) is 0 Å². The predicted octanol–water partition coefficient (Wildman–Crippen LogP) is 0.170. The van der Waals surface area contributed by atoms with Gasteiger partial charge in [0, 0.05) is 0 Å². The van der Waals surface area contributed by atoms with E-state index >= 15 is 0 Å². The molecule has 48 valence electrons. The van der Waals surface area contributed by atoms with Gasteiger partial charge in [0.25, 0.3) is 5.90 Å². The quantitative estimate of drug-likeness (QED) is 0.493. The maximum Gasteiger partial charge on any atom is 0.258 e. The molecule has 0 unspecified atom stereocenters. The first-order valence-corrected chi connectivity index (χ1v) is 2.68. The zero-order valence-electron chi connectivity index (χ0n) is 4.96. The van der Waals surface area contributed by atoms with Crippen LogP contribution in [0.3, 0.4) is 0 Å². The minimum Gasteiger partial charge on any atom is -0.473 e. The Kier molecular flexibility index (Phi) is 1.63. The summed E-state index contributed by atoms with van der Waals surface area (Å²) in [5, 5.41) is 0. The molecule has 0 N–H and O–H groups in total. The van der Waals surface area contributed by atoms with Gasteiger partial charge in [-0.25, -0.2) is 4.99 Å². The van der Waals surface area contributed by atoms with Crippen LogP contribution in [0.5, 0.6) is 0 Å². The third-order valence-corrected chi connectivity index (χ3v) is 0.982. The predicted molar refractivity (Wildman–Crippen MR) is 33.5 cm³/mol. The summed E-state index contributed by atoms with van der Waals surface area (Å²) in [6.07, 6.45) is 1.20. The standard InChI is InChI=1S/C6H7NO2/c1-2-5(8)6-7-3-4-9-6/h2H,1,3-4H2. The SMILES string of the molecule is C=CC(=O)C1=NCCO1. The first-order valence-electron chi connectivity index (χ1n) is 2.68. The van der Waals surface area contributed by atoms with Gasteiger partial charge in [0.05, 0.1) is 6.54 Å². The highest BCUT2D eigenvalue weighted by molar-refractivity contribution is 6.40. The van der Waals surface area contributed by atoms with Crippen LogP contribution in [0.25, 0.3) is 0 Å². The zero-order chi connectivity index (χ0) is 6.69. The Balaban J connectivity index is 2.61. The summed E-state index contributed by atoms with van der Waals surface area (Å²) < 4.78 is 4.83. The van der Waals surface area contributed by atoms with Gasteiger partial charge in [0.1, 0.15) is 6.61 Å². The maximum absolute atomic E-state index is 10.6. The Labute approximate surface area is 53.0 Å². The number of hydrogen-bond acceptors (Lipinski definition) is 3. The molecule has 0 aliphatic carbocycles. The van der Waals surface area contributed by atoms with Gasteiger partial charge in [-0.3, -0.25) is 4.79 Å². The number of ether oxygens (including phenoxy) is 1. The molecule has 9 heavy (non-hydrogen) atoms. The molecule has 3 heteroatoms. The van der Waals surface area contributed by atoms with Gasteiger partial charge in [-0.2, -0.15) is 0 Å². The van der Waals surface area contributed by atoms with Crippen LogP contribution in [0, 0.1) is 0 Å². The summed E-state index contributed by atoms with van der Waals surface area (Å²) in [7, 11) is 0. The van der Waals surface area contributed by atoms with Gasteiger partial charge in [-0.15, -0.1) is 0 Å². The van der Waals surface area contributed by atoms with Crippen molar-refractivity contribution in [2.24, 2.45) is 4.99 Å². The van der Waals surface area contributed by atoms with Crippen LogP contribution in [0.15, 0.2) is 17.6 Å². The molecule has 0 fully saturated rings. The first-order chi connectivity index (χ1) is 4.34. The molecule has 1 heterocycles. The topological polar surface area (TPSA) is 38.7 Å². The molecule has 1 rings (SSSR count). The fourth-order valence-electron chi connectivity index (χ4n) is 0.572. The Morgan fingerprint density at radius 3 is 3.11 bits per heavy atom. The van der Waals surface area contributed by atoms with E-state index in [0.717, 1.165) is 0 Å². The van der Waals surface area contributed by atoms with E-state index in [9.17, 15) is 4.79 Å². The number of aliphatic imine (C=N–C) groups is 1. The summed E-state index contributed by atoms with van der Waals surface area (Å²) in [5.74, 6) is -0.0301. The zero-order valence-corrected chi connectivity index (χ0v) is 4.96. The van der Waals surface area contributed by atoms with Crippen LogP contribution in [0.2, 0.25) is 0 Å². The maximum atomic E-state index is 10.6. The highest BCUT2D eigenvalue weighted by atomic mass is 16.5. The molecular weight excluding hydrogens is 118 g/mol. The van der Waals surface area contributed by atoms with Crippen molar-refractivity contribution in [1.29, 1.82) is 0 Å². The Bertz CT molecular complexity index is 172. The average Bonchev–Trinajstić information content (AvgIpc) is 2.37. The number of hydrogen-bond donors (Lipinski definition) is 0. The summed E-state index contributed by atoms with van der Waals surface area (Å²) >= 11 is 0. The third kappa shape index (κ3) is 1.16. The van der Waals surface area contributed by atoms with Crippen molar-refractivity contribution >= 4 is 11.7 Å². The second-order valence-corrected chi connectivity index (χ2v) is 1.60.